The van der Waals surface area contributed by atoms with Crippen LogP contribution in [0.5, 0.6) is 0 Å². The van der Waals surface area contributed by atoms with Gasteiger partial charge >= 0.3 is 0 Å². The summed E-state index contributed by atoms with van der Waals surface area (Å²) in [5, 5.41) is 8.36. The molecule has 78 valence electrons. The van der Waals surface area contributed by atoms with Crippen molar-refractivity contribution in [3.05, 3.63) is 45.4 Å². The normalized spacial score (nSPS) is 10.5. The minimum absolute atomic E-state index is 0.452. The second kappa shape index (κ2) is 5.21. The molecule has 0 spiro atoms. The average Bonchev–Trinajstić information content (AvgIpc) is 2.66. The van der Waals surface area contributed by atoms with Gasteiger partial charge in [-0.25, -0.2) is 0 Å². The fourth-order valence-electron chi connectivity index (χ4n) is 1.12. The van der Waals surface area contributed by atoms with Crippen molar-refractivity contribution >= 4 is 22.9 Å². The first-order valence-electron chi connectivity index (χ1n) is 4.44. The fraction of sp³-hybridized carbons (Fsp3) is 0.200. The van der Waals surface area contributed by atoms with E-state index < -0.39 is 0 Å². The summed E-state index contributed by atoms with van der Waals surface area (Å²) in [6, 6.07) is 10.00. The molecule has 1 aromatic carbocycles. The Morgan fingerprint density at radius 1 is 1.13 bits per heavy atom. The Morgan fingerprint density at radius 3 is 2.60 bits per heavy atom. The van der Waals surface area contributed by atoms with E-state index in [-0.39, 0.29) is 0 Å². The van der Waals surface area contributed by atoms with Crippen molar-refractivity contribution in [2.24, 2.45) is 0 Å². The lowest BCUT2D eigenvalue weighted by molar-refractivity contribution is 0.106. The van der Waals surface area contributed by atoms with Gasteiger partial charge in [0.15, 0.2) is 0 Å². The van der Waals surface area contributed by atoms with Crippen molar-refractivity contribution in [1.82, 2.24) is 10.2 Å². The van der Waals surface area contributed by atoms with Crippen LogP contribution in [0.4, 0.5) is 0 Å². The number of rotatable bonds is 4. The molecule has 0 bridgehead atoms. The standard InChI is InChI=1S/C10H9ClN2OS/c11-10-13-12-9(15-10)7-14-6-8-4-2-1-3-5-8/h1-5H,6-7H2. The molecule has 0 saturated carbocycles. The van der Waals surface area contributed by atoms with E-state index in [0.29, 0.717) is 17.7 Å². The third-order valence-electron chi connectivity index (χ3n) is 1.78. The second-order valence-electron chi connectivity index (χ2n) is 2.93. The van der Waals surface area contributed by atoms with Gasteiger partial charge in [0.1, 0.15) is 11.6 Å². The molecule has 0 fully saturated rings. The Morgan fingerprint density at radius 2 is 1.93 bits per heavy atom. The third-order valence-corrected chi connectivity index (χ3v) is 2.77. The Labute approximate surface area is 96.7 Å². The van der Waals surface area contributed by atoms with Crippen LogP contribution >= 0.6 is 22.9 Å². The topological polar surface area (TPSA) is 35.0 Å². The van der Waals surface area contributed by atoms with Crippen molar-refractivity contribution < 1.29 is 4.74 Å². The molecule has 0 N–H and O–H groups in total. The molecule has 0 saturated heterocycles. The van der Waals surface area contributed by atoms with Crippen LogP contribution in [-0.4, -0.2) is 10.2 Å². The van der Waals surface area contributed by atoms with Crippen molar-refractivity contribution in [3.63, 3.8) is 0 Å². The zero-order valence-electron chi connectivity index (χ0n) is 7.89. The molecule has 3 nitrogen and oxygen atoms in total. The highest BCUT2D eigenvalue weighted by Gasteiger charge is 2.01. The molecule has 5 heteroatoms. The average molecular weight is 241 g/mol. The SMILES string of the molecule is Clc1nnc(COCc2ccccc2)s1. The largest absolute Gasteiger partial charge is 0.370 e. The molecule has 0 aliphatic carbocycles. The van der Waals surface area contributed by atoms with Gasteiger partial charge in [-0.05, 0) is 17.2 Å². The Kier molecular flexibility index (Phi) is 3.66. The van der Waals surface area contributed by atoms with Crippen molar-refractivity contribution in [1.29, 1.82) is 0 Å². The lowest BCUT2D eigenvalue weighted by Gasteiger charge is -2.00. The summed E-state index contributed by atoms with van der Waals surface area (Å²) in [4.78, 5) is 0. The summed E-state index contributed by atoms with van der Waals surface area (Å²) in [5.41, 5.74) is 1.15. The predicted molar refractivity (Wildman–Crippen MR) is 59.9 cm³/mol. The van der Waals surface area contributed by atoms with E-state index in [9.17, 15) is 0 Å². The first-order chi connectivity index (χ1) is 7.34. The van der Waals surface area contributed by atoms with E-state index >= 15 is 0 Å². The lowest BCUT2D eigenvalue weighted by Crippen LogP contribution is -1.93. The molecule has 2 aromatic rings. The quantitative estimate of drug-likeness (QED) is 0.824. The lowest BCUT2D eigenvalue weighted by atomic mass is 10.2. The van der Waals surface area contributed by atoms with E-state index in [1.165, 1.54) is 11.3 Å². The monoisotopic (exact) mass is 240 g/mol. The van der Waals surface area contributed by atoms with Gasteiger partial charge in [0, 0.05) is 0 Å². The second-order valence-corrected chi connectivity index (χ2v) is 4.57. The number of aromatic nitrogens is 2. The number of hydrogen-bond acceptors (Lipinski definition) is 4. The minimum Gasteiger partial charge on any atom is -0.370 e. The molecule has 0 unspecified atom stereocenters. The Hall–Kier alpha value is -0.970. The summed E-state index contributed by atoms with van der Waals surface area (Å²) in [7, 11) is 0. The number of halogens is 1. The van der Waals surface area contributed by atoms with E-state index in [4.69, 9.17) is 16.3 Å². The van der Waals surface area contributed by atoms with Crippen LogP contribution < -0.4 is 0 Å². The summed E-state index contributed by atoms with van der Waals surface area (Å²) in [6.07, 6.45) is 0. The Balaban J connectivity index is 1.80. The zero-order valence-corrected chi connectivity index (χ0v) is 9.46. The van der Waals surface area contributed by atoms with Crippen LogP contribution in [0.2, 0.25) is 4.47 Å². The van der Waals surface area contributed by atoms with Crippen LogP contribution in [0.25, 0.3) is 0 Å². The van der Waals surface area contributed by atoms with Gasteiger partial charge in [-0.15, -0.1) is 10.2 Å². The van der Waals surface area contributed by atoms with Crippen LogP contribution in [0.1, 0.15) is 10.6 Å². The van der Waals surface area contributed by atoms with E-state index in [1.54, 1.807) is 0 Å². The Bertz CT molecular complexity index is 418. The van der Waals surface area contributed by atoms with Gasteiger partial charge in [0.25, 0.3) is 0 Å². The molecule has 1 heterocycles. The highest BCUT2D eigenvalue weighted by molar-refractivity contribution is 7.15. The van der Waals surface area contributed by atoms with Crippen molar-refractivity contribution in [2.75, 3.05) is 0 Å². The minimum atomic E-state index is 0.452. The van der Waals surface area contributed by atoms with Gasteiger partial charge in [-0.3, -0.25) is 0 Å². The molecule has 15 heavy (non-hydrogen) atoms. The van der Waals surface area contributed by atoms with Crippen LogP contribution in [-0.2, 0) is 18.0 Å². The molecule has 0 radical (unpaired) electrons. The maximum atomic E-state index is 5.65. The third kappa shape index (κ3) is 3.27. The molecule has 0 aliphatic rings. The summed E-state index contributed by atoms with van der Waals surface area (Å²) >= 11 is 6.99. The van der Waals surface area contributed by atoms with Crippen LogP contribution in [0.15, 0.2) is 30.3 Å². The molecular weight excluding hydrogens is 232 g/mol. The van der Waals surface area contributed by atoms with Gasteiger partial charge in [-0.1, -0.05) is 41.7 Å². The highest BCUT2D eigenvalue weighted by Crippen LogP contribution is 2.15. The van der Waals surface area contributed by atoms with Crippen LogP contribution in [0, 0.1) is 0 Å². The zero-order chi connectivity index (χ0) is 10.5. The number of nitrogens with zero attached hydrogens (tertiary/aromatic N) is 2. The maximum Gasteiger partial charge on any atom is 0.207 e. The van der Waals surface area contributed by atoms with Gasteiger partial charge in [0.05, 0.1) is 6.61 Å². The van der Waals surface area contributed by atoms with Crippen LogP contribution in [0.3, 0.4) is 0 Å². The fourth-order valence-corrected chi connectivity index (χ4v) is 1.93. The first kappa shape index (κ1) is 10.5. The maximum absolute atomic E-state index is 5.65. The smallest absolute Gasteiger partial charge is 0.207 e. The number of hydrogen-bond donors (Lipinski definition) is 0. The number of benzene rings is 1. The van der Waals surface area contributed by atoms with Gasteiger partial charge < -0.3 is 4.74 Å². The van der Waals surface area contributed by atoms with E-state index in [2.05, 4.69) is 10.2 Å². The van der Waals surface area contributed by atoms with Gasteiger partial charge in [-0.2, -0.15) is 0 Å². The summed E-state index contributed by atoms with van der Waals surface area (Å²) < 4.78 is 5.92. The van der Waals surface area contributed by atoms with E-state index in [1.807, 2.05) is 30.3 Å². The van der Waals surface area contributed by atoms with Crippen molar-refractivity contribution in [2.45, 2.75) is 13.2 Å². The summed E-state index contributed by atoms with van der Waals surface area (Å²) in [6.45, 7) is 1.04. The molecule has 0 atom stereocenters. The highest BCUT2D eigenvalue weighted by atomic mass is 35.5. The molecular formula is C10H9ClN2OS. The molecule has 0 aliphatic heterocycles. The molecule has 1 aromatic heterocycles. The number of ether oxygens (including phenoxy) is 1. The molecule has 0 amide bonds. The summed E-state index contributed by atoms with van der Waals surface area (Å²) in [5.74, 6) is 0. The molecule has 2 rings (SSSR count). The predicted octanol–water partition coefficient (Wildman–Crippen LogP) is 2.91. The van der Waals surface area contributed by atoms with E-state index in [0.717, 1.165) is 10.6 Å². The van der Waals surface area contributed by atoms with Crippen molar-refractivity contribution in [3.8, 4) is 0 Å². The van der Waals surface area contributed by atoms with Gasteiger partial charge in [0.2, 0.25) is 4.47 Å². The first-order valence-corrected chi connectivity index (χ1v) is 5.63.